The van der Waals surface area contributed by atoms with Crippen LogP contribution in [0.25, 0.3) is 10.9 Å². The minimum absolute atomic E-state index is 0.187. The van der Waals surface area contributed by atoms with E-state index in [9.17, 15) is 13.6 Å². The number of hydrogen-bond acceptors (Lipinski definition) is 2. The number of anilines is 1. The molecule has 146 valence electrons. The summed E-state index contributed by atoms with van der Waals surface area (Å²) < 4.78 is 28.9. The Bertz CT molecular complexity index is 1200. The van der Waals surface area contributed by atoms with Gasteiger partial charge in [-0.3, -0.25) is 9.78 Å². The summed E-state index contributed by atoms with van der Waals surface area (Å²) in [5, 5.41) is 3.47. The number of carbonyl (C=O) groups is 1. The Morgan fingerprint density at radius 2 is 1.66 bits per heavy atom. The van der Waals surface area contributed by atoms with E-state index in [1.165, 1.54) is 36.7 Å². The van der Waals surface area contributed by atoms with E-state index in [1.807, 2.05) is 0 Å². The minimum Gasteiger partial charge on any atom is -0.342 e. The van der Waals surface area contributed by atoms with Crippen LogP contribution in [0, 0.1) is 11.6 Å². The molecule has 0 atom stereocenters. The van der Waals surface area contributed by atoms with E-state index in [2.05, 4.69) is 10.3 Å². The molecule has 0 aliphatic carbocycles. The third kappa shape index (κ3) is 3.95. The van der Waals surface area contributed by atoms with Gasteiger partial charge in [0.15, 0.2) is 0 Å². The number of amides is 1. The first kappa shape index (κ1) is 19.4. The first-order valence-corrected chi connectivity index (χ1v) is 9.31. The molecular formula is C21H13Cl2F2N3O. The van der Waals surface area contributed by atoms with Crippen LogP contribution < -0.4 is 5.32 Å². The molecule has 0 saturated heterocycles. The van der Waals surface area contributed by atoms with Crippen LogP contribution >= 0.6 is 23.2 Å². The number of nitrogens with zero attached hydrogens (tertiary/aromatic N) is 2. The topological polar surface area (TPSA) is 46.9 Å². The molecule has 0 spiro atoms. The average Bonchev–Trinajstić information content (AvgIpc) is 3.04. The molecule has 4 rings (SSSR count). The molecule has 0 fully saturated rings. The normalized spacial score (nSPS) is 11.0. The van der Waals surface area contributed by atoms with Crippen molar-refractivity contribution in [1.82, 2.24) is 9.55 Å². The van der Waals surface area contributed by atoms with Gasteiger partial charge in [-0.1, -0.05) is 35.3 Å². The molecule has 2 aromatic carbocycles. The summed E-state index contributed by atoms with van der Waals surface area (Å²) in [5.74, 6) is -1.29. The van der Waals surface area contributed by atoms with Crippen LogP contribution in [0.1, 0.15) is 15.9 Å². The Labute approximate surface area is 174 Å². The summed E-state index contributed by atoms with van der Waals surface area (Å²) in [6, 6.07) is 10.2. The van der Waals surface area contributed by atoms with Crippen molar-refractivity contribution < 1.29 is 13.6 Å². The van der Waals surface area contributed by atoms with Crippen molar-refractivity contribution in [2.24, 2.45) is 0 Å². The average molecular weight is 432 g/mol. The van der Waals surface area contributed by atoms with Gasteiger partial charge in [0.05, 0.1) is 21.3 Å². The molecule has 4 nitrogen and oxygen atoms in total. The van der Waals surface area contributed by atoms with Gasteiger partial charge >= 0.3 is 0 Å². The van der Waals surface area contributed by atoms with Gasteiger partial charge in [-0.2, -0.15) is 0 Å². The van der Waals surface area contributed by atoms with E-state index < -0.39 is 11.7 Å². The highest BCUT2D eigenvalue weighted by atomic mass is 35.5. The SMILES string of the molecule is O=C(Nc1c(Cl)cncc1Cl)c1cn(Cc2ccc(F)cc2)c2ccc(F)cc12. The van der Waals surface area contributed by atoms with Crippen molar-refractivity contribution in [3.63, 3.8) is 0 Å². The van der Waals surface area contributed by atoms with Crippen LogP contribution in [0.2, 0.25) is 10.0 Å². The monoisotopic (exact) mass is 431 g/mol. The number of carbonyl (C=O) groups excluding carboxylic acids is 1. The van der Waals surface area contributed by atoms with Crippen molar-refractivity contribution in [3.05, 3.63) is 93.9 Å². The third-order valence-electron chi connectivity index (χ3n) is 4.45. The smallest absolute Gasteiger partial charge is 0.257 e. The highest BCUT2D eigenvalue weighted by Gasteiger charge is 2.18. The fraction of sp³-hybridized carbons (Fsp3) is 0.0476. The van der Waals surface area contributed by atoms with E-state index >= 15 is 0 Å². The molecule has 0 unspecified atom stereocenters. The maximum Gasteiger partial charge on any atom is 0.257 e. The van der Waals surface area contributed by atoms with Crippen molar-refractivity contribution in [2.75, 3.05) is 5.32 Å². The lowest BCUT2D eigenvalue weighted by Crippen LogP contribution is -2.12. The molecular weight excluding hydrogens is 419 g/mol. The zero-order valence-corrected chi connectivity index (χ0v) is 16.3. The number of fused-ring (bicyclic) bond motifs is 1. The fourth-order valence-corrected chi connectivity index (χ4v) is 3.54. The predicted octanol–water partition coefficient (Wildman–Crippen LogP) is 5.92. The standard InChI is InChI=1S/C21H13Cl2F2N3O/c22-17-8-26-9-18(23)20(17)27-21(29)16-11-28(10-12-1-3-13(24)4-2-12)19-6-5-14(25)7-15(16)19/h1-9,11H,10H2,(H,26,27,29). The summed E-state index contributed by atoms with van der Waals surface area (Å²) in [5.41, 5.74) is 1.97. The molecule has 1 amide bonds. The summed E-state index contributed by atoms with van der Waals surface area (Å²) in [6.07, 6.45) is 4.34. The van der Waals surface area contributed by atoms with Crippen molar-refractivity contribution in [2.45, 2.75) is 6.54 Å². The molecule has 29 heavy (non-hydrogen) atoms. The molecule has 0 aliphatic rings. The Morgan fingerprint density at radius 1 is 1.00 bits per heavy atom. The highest BCUT2D eigenvalue weighted by Crippen LogP contribution is 2.30. The number of aromatic nitrogens is 2. The summed E-state index contributed by atoms with van der Waals surface area (Å²) >= 11 is 12.1. The van der Waals surface area contributed by atoms with Crippen molar-refractivity contribution >= 4 is 45.7 Å². The second kappa shape index (κ2) is 7.81. The van der Waals surface area contributed by atoms with Crippen LogP contribution in [-0.4, -0.2) is 15.5 Å². The number of nitrogens with one attached hydrogen (secondary N) is 1. The number of halogens is 4. The van der Waals surface area contributed by atoms with Crippen LogP contribution in [0.4, 0.5) is 14.5 Å². The van der Waals surface area contributed by atoms with Gasteiger partial charge in [-0.15, -0.1) is 0 Å². The number of hydrogen-bond donors (Lipinski definition) is 1. The Morgan fingerprint density at radius 3 is 2.34 bits per heavy atom. The summed E-state index contributed by atoms with van der Waals surface area (Å²) in [4.78, 5) is 16.8. The van der Waals surface area contributed by atoms with Gasteiger partial charge in [0.1, 0.15) is 11.6 Å². The lowest BCUT2D eigenvalue weighted by Gasteiger charge is -2.08. The maximum absolute atomic E-state index is 13.9. The van der Waals surface area contributed by atoms with E-state index in [1.54, 1.807) is 29.0 Å². The molecule has 0 radical (unpaired) electrons. The first-order chi connectivity index (χ1) is 13.9. The summed E-state index contributed by atoms with van der Waals surface area (Å²) in [7, 11) is 0. The van der Waals surface area contributed by atoms with E-state index in [4.69, 9.17) is 23.2 Å². The molecule has 4 aromatic rings. The largest absolute Gasteiger partial charge is 0.342 e. The second-order valence-corrected chi connectivity index (χ2v) is 7.21. The fourth-order valence-electron chi connectivity index (χ4n) is 3.08. The van der Waals surface area contributed by atoms with E-state index in [-0.39, 0.29) is 27.1 Å². The molecule has 0 bridgehead atoms. The quantitative estimate of drug-likeness (QED) is 0.435. The molecule has 2 heterocycles. The van der Waals surface area contributed by atoms with E-state index in [0.717, 1.165) is 5.56 Å². The number of pyridine rings is 1. The van der Waals surface area contributed by atoms with Gasteiger partial charge in [0.25, 0.3) is 5.91 Å². The Kier molecular flexibility index (Phi) is 5.22. The van der Waals surface area contributed by atoms with Crippen molar-refractivity contribution in [3.8, 4) is 0 Å². The highest BCUT2D eigenvalue weighted by molar-refractivity contribution is 6.39. The zero-order valence-electron chi connectivity index (χ0n) is 14.8. The molecule has 8 heteroatoms. The number of rotatable bonds is 4. The molecule has 0 aliphatic heterocycles. The maximum atomic E-state index is 13.9. The van der Waals surface area contributed by atoms with Gasteiger partial charge in [0, 0.05) is 36.0 Å². The summed E-state index contributed by atoms with van der Waals surface area (Å²) in [6.45, 7) is 0.381. The van der Waals surface area contributed by atoms with E-state index in [0.29, 0.717) is 17.4 Å². The van der Waals surface area contributed by atoms with Crippen LogP contribution in [0.5, 0.6) is 0 Å². The van der Waals surface area contributed by atoms with Gasteiger partial charge in [0.2, 0.25) is 0 Å². The molecule has 0 saturated carbocycles. The second-order valence-electron chi connectivity index (χ2n) is 6.39. The van der Waals surface area contributed by atoms with Crippen LogP contribution in [0.3, 0.4) is 0 Å². The predicted molar refractivity (Wildman–Crippen MR) is 110 cm³/mol. The third-order valence-corrected chi connectivity index (χ3v) is 5.02. The minimum atomic E-state index is -0.492. The Balaban J connectivity index is 1.75. The van der Waals surface area contributed by atoms with Crippen molar-refractivity contribution in [1.29, 1.82) is 0 Å². The lowest BCUT2D eigenvalue weighted by molar-refractivity contribution is 0.102. The first-order valence-electron chi connectivity index (χ1n) is 8.55. The zero-order chi connectivity index (χ0) is 20.5. The van der Waals surface area contributed by atoms with Gasteiger partial charge in [-0.25, -0.2) is 8.78 Å². The van der Waals surface area contributed by atoms with Gasteiger partial charge < -0.3 is 9.88 Å². The molecule has 2 aromatic heterocycles. The lowest BCUT2D eigenvalue weighted by atomic mass is 10.1. The van der Waals surface area contributed by atoms with Gasteiger partial charge in [-0.05, 0) is 35.9 Å². The van der Waals surface area contributed by atoms with Crippen LogP contribution in [-0.2, 0) is 6.54 Å². The number of benzene rings is 2. The van der Waals surface area contributed by atoms with Crippen LogP contribution in [0.15, 0.2) is 61.1 Å². The Hall–Kier alpha value is -2.96. The molecule has 1 N–H and O–H groups in total.